The highest BCUT2D eigenvalue weighted by molar-refractivity contribution is 7.80. The van der Waals surface area contributed by atoms with E-state index in [0.29, 0.717) is 40.3 Å². The second-order valence-corrected chi connectivity index (χ2v) is 8.17. The van der Waals surface area contributed by atoms with Crippen LogP contribution in [0.3, 0.4) is 0 Å². The number of anilines is 1. The average Bonchev–Trinajstić information content (AvgIpc) is 3.31. The quantitative estimate of drug-likeness (QED) is 0.546. The summed E-state index contributed by atoms with van der Waals surface area (Å²) in [4.78, 5) is 18.0. The maximum absolute atomic E-state index is 12.9. The molecule has 0 bridgehead atoms. The Morgan fingerprint density at radius 2 is 1.77 bits per heavy atom. The molecule has 7 heteroatoms. The minimum absolute atomic E-state index is 0.120. The van der Waals surface area contributed by atoms with E-state index in [0.717, 1.165) is 23.9 Å². The number of benzene rings is 2. The van der Waals surface area contributed by atoms with Crippen LogP contribution in [-0.4, -0.2) is 35.3 Å². The van der Waals surface area contributed by atoms with Crippen LogP contribution in [0.5, 0.6) is 11.5 Å². The molecule has 1 heterocycles. The van der Waals surface area contributed by atoms with Crippen LogP contribution in [0.25, 0.3) is 10.9 Å². The van der Waals surface area contributed by atoms with Crippen molar-refractivity contribution >= 4 is 33.9 Å². The van der Waals surface area contributed by atoms with Crippen LogP contribution in [0, 0.1) is 0 Å². The average molecular weight is 438 g/mol. The third-order valence-corrected chi connectivity index (χ3v) is 6.15. The Morgan fingerprint density at radius 3 is 2.45 bits per heavy atom. The smallest absolute Gasteiger partial charge is 0.253 e. The molecule has 1 aliphatic rings. The first-order valence-corrected chi connectivity index (χ1v) is 10.9. The molecule has 2 aromatic carbocycles. The van der Waals surface area contributed by atoms with Gasteiger partial charge in [0.25, 0.3) is 5.56 Å². The highest BCUT2D eigenvalue weighted by Crippen LogP contribution is 2.31. The lowest BCUT2D eigenvalue weighted by molar-refractivity contribution is 0.311. The first-order chi connectivity index (χ1) is 15.1. The van der Waals surface area contributed by atoms with E-state index >= 15 is 0 Å². The van der Waals surface area contributed by atoms with Crippen molar-refractivity contribution in [3.8, 4) is 11.5 Å². The van der Waals surface area contributed by atoms with Crippen molar-refractivity contribution in [2.75, 3.05) is 19.5 Å². The lowest BCUT2D eigenvalue weighted by Crippen LogP contribution is -2.42. The monoisotopic (exact) mass is 437 g/mol. The Kier molecular flexibility index (Phi) is 6.42. The summed E-state index contributed by atoms with van der Waals surface area (Å²) in [6, 6.07) is 15.8. The van der Waals surface area contributed by atoms with Gasteiger partial charge < -0.3 is 24.7 Å². The number of ether oxygens (including phenoxy) is 2. The van der Waals surface area contributed by atoms with Crippen LogP contribution in [0.1, 0.15) is 31.2 Å². The van der Waals surface area contributed by atoms with Gasteiger partial charge in [-0.05, 0) is 49.3 Å². The van der Waals surface area contributed by atoms with E-state index in [-0.39, 0.29) is 5.56 Å². The van der Waals surface area contributed by atoms with Gasteiger partial charge in [0.2, 0.25) is 0 Å². The van der Waals surface area contributed by atoms with Crippen LogP contribution in [0.15, 0.2) is 53.3 Å². The van der Waals surface area contributed by atoms with Crippen molar-refractivity contribution < 1.29 is 9.47 Å². The maximum atomic E-state index is 12.9. The van der Waals surface area contributed by atoms with Crippen molar-refractivity contribution in [1.82, 2.24) is 9.88 Å². The molecule has 1 saturated carbocycles. The molecule has 1 aliphatic carbocycles. The van der Waals surface area contributed by atoms with Gasteiger partial charge in [-0.1, -0.05) is 31.0 Å². The first-order valence-electron chi connectivity index (χ1n) is 10.5. The minimum atomic E-state index is -0.120. The second-order valence-electron chi connectivity index (χ2n) is 7.78. The largest absolute Gasteiger partial charge is 0.493 e. The van der Waals surface area contributed by atoms with Crippen molar-refractivity contribution in [3.63, 3.8) is 0 Å². The summed E-state index contributed by atoms with van der Waals surface area (Å²) >= 11 is 5.77. The molecule has 2 N–H and O–H groups in total. The molecule has 0 unspecified atom stereocenters. The molecule has 0 aliphatic heterocycles. The maximum Gasteiger partial charge on any atom is 0.253 e. The molecule has 4 rings (SSSR count). The molecular formula is C24H27N3O3S. The summed E-state index contributed by atoms with van der Waals surface area (Å²) in [5.74, 6) is 1.21. The Balaban J connectivity index is 1.66. The highest BCUT2D eigenvalue weighted by atomic mass is 32.1. The molecule has 162 valence electrons. The normalized spacial score (nSPS) is 13.9. The zero-order chi connectivity index (χ0) is 21.8. The van der Waals surface area contributed by atoms with E-state index in [9.17, 15) is 4.79 Å². The van der Waals surface area contributed by atoms with Crippen molar-refractivity contribution in [2.45, 2.75) is 38.3 Å². The van der Waals surface area contributed by atoms with Gasteiger partial charge in [-0.15, -0.1) is 0 Å². The third kappa shape index (κ3) is 4.66. The fourth-order valence-electron chi connectivity index (χ4n) is 4.18. The third-order valence-electron chi connectivity index (χ3n) is 5.82. The summed E-state index contributed by atoms with van der Waals surface area (Å²) in [6.07, 6.45) is 4.51. The van der Waals surface area contributed by atoms with Crippen LogP contribution in [0.4, 0.5) is 5.69 Å². The lowest BCUT2D eigenvalue weighted by Gasteiger charge is -2.31. The van der Waals surface area contributed by atoms with Crippen molar-refractivity contribution in [1.29, 1.82) is 0 Å². The number of nitrogens with one attached hydrogen (secondary N) is 2. The number of para-hydroxylation sites is 1. The standard InChI is InChI=1S/C24H27N3O3S/c1-29-21-13-16-12-17(23(28)26-20(16)14-22(21)30-2)15-27(19-10-6-7-11-19)24(31)25-18-8-4-3-5-9-18/h3-5,8-9,12-14,19H,6-7,10-11,15H2,1-2H3,(H,25,31)(H,26,28). The Labute approximate surface area is 187 Å². The van der Waals surface area contributed by atoms with Gasteiger partial charge in [0, 0.05) is 28.7 Å². The summed E-state index contributed by atoms with van der Waals surface area (Å²) in [5, 5.41) is 4.87. The van der Waals surface area contributed by atoms with E-state index < -0.39 is 0 Å². The van der Waals surface area contributed by atoms with Crippen molar-refractivity contribution in [3.05, 3.63) is 64.4 Å². The first kappa shape index (κ1) is 21.2. The zero-order valence-electron chi connectivity index (χ0n) is 17.8. The Hall–Kier alpha value is -3.06. The molecule has 6 nitrogen and oxygen atoms in total. The van der Waals surface area contributed by atoms with Crippen LogP contribution in [0.2, 0.25) is 0 Å². The molecule has 1 fully saturated rings. The topological polar surface area (TPSA) is 66.6 Å². The number of hydrogen-bond acceptors (Lipinski definition) is 4. The molecule has 0 saturated heterocycles. The summed E-state index contributed by atoms with van der Waals surface area (Å²) in [5.41, 5.74) is 2.21. The number of fused-ring (bicyclic) bond motifs is 1. The predicted molar refractivity (Wildman–Crippen MR) is 128 cm³/mol. The number of rotatable bonds is 6. The summed E-state index contributed by atoms with van der Waals surface area (Å²) in [7, 11) is 3.18. The molecule has 31 heavy (non-hydrogen) atoms. The van der Waals surface area contributed by atoms with Gasteiger partial charge >= 0.3 is 0 Å². The minimum Gasteiger partial charge on any atom is -0.493 e. The number of H-pyrrole nitrogens is 1. The van der Waals surface area contributed by atoms with Gasteiger partial charge in [0.15, 0.2) is 16.6 Å². The number of aromatic amines is 1. The summed E-state index contributed by atoms with van der Waals surface area (Å²) in [6.45, 7) is 0.447. The predicted octanol–water partition coefficient (Wildman–Crippen LogP) is 4.69. The molecular weight excluding hydrogens is 410 g/mol. The Bertz CT molecular complexity index is 1120. The van der Waals surface area contributed by atoms with Crippen molar-refractivity contribution in [2.24, 2.45) is 0 Å². The number of nitrogens with zero attached hydrogens (tertiary/aromatic N) is 1. The van der Waals surface area contributed by atoms with E-state index in [1.165, 1.54) is 12.8 Å². The lowest BCUT2D eigenvalue weighted by atomic mass is 10.1. The van der Waals surface area contributed by atoms with Crippen LogP contribution < -0.4 is 20.3 Å². The molecule has 0 amide bonds. The fourth-order valence-corrected chi connectivity index (χ4v) is 4.51. The number of hydrogen-bond donors (Lipinski definition) is 2. The number of aromatic nitrogens is 1. The van der Waals surface area contributed by atoms with Gasteiger partial charge in [0.05, 0.1) is 26.3 Å². The van der Waals surface area contributed by atoms with Gasteiger partial charge in [-0.25, -0.2) is 0 Å². The van der Waals surface area contributed by atoms with E-state index in [2.05, 4.69) is 15.2 Å². The molecule has 3 aromatic rings. The molecule has 0 spiro atoms. The Morgan fingerprint density at radius 1 is 1.10 bits per heavy atom. The fraction of sp³-hybridized carbons (Fsp3) is 0.333. The molecule has 0 radical (unpaired) electrons. The zero-order valence-corrected chi connectivity index (χ0v) is 18.6. The van der Waals surface area contributed by atoms with Crippen LogP contribution in [-0.2, 0) is 6.54 Å². The van der Waals surface area contributed by atoms with Crippen LogP contribution >= 0.6 is 12.2 Å². The van der Waals surface area contributed by atoms with E-state index in [1.54, 1.807) is 20.3 Å². The van der Waals surface area contributed by atoms with Gasteiger partial charge in [-0.3, -0.25) is 4.79 Å². The van der Waals surface area contributed by atoms with E-state index in [4.69, 9.17) is 21.7 Å². The molecule has 1 aromatic heterocycles. The van der Waals surface area contributed by atoms with Gasteiger partial charge in [0.1, 0.15) is 0 Å². The number of methoxy groups -OCH3 is 2. The number of pyridine rings is 1. The summed E-state index contributed by atoms with van der Waals surface area (Å²) < 4.78 is 10.8. The number of thiocarbonyl (C=S) groups is 1. The SMILES string of the molecule is COc1cc2cc(CN(C(=S)Nc3ccccc3)C3CCCC3)c(=O)[nH]c2cc1OC. The second kappa shape index (κ2) is 9.39. The molecule has 0 atom stereocenters. The highest BCUT2D eigenvalue weighted by Gasteiger charge is 2.26. The van der Waals surface area contributed by atoms with Gasteiger partial charge in [-0.2, -0.15) is 0 Å². The van der Waals surface area contributed by atoms with E-state index in [1.807, 2.05) is 42.5 Å².